The van der Waals surface area contributed by atoms with E-state index >= 15 is 0 Å². The number of rotatable bonds is 4. The van der Waals surface area contributed by atoms with Crippen LogP contribution in [0, 0.1) is 0 Å². The number of sulfonamides is 1. The van der Waals surface area contributed by atoms with Gasteiger partial charge in [-0.2, -0.15) is 0 Å². The van der Waals surface area contributed by atoms with Gasteiger partial charge in [0.1, 0.15) is 0 Å². The second-order valence-electron chi connectivity index (χ2n) is 6.50. The number of hydrogen-bond acceptors (Lipinski definition) is 3. The molecule has 0 aliphatic heterocycles. The van der Waals surface area contributed by atoms with Gasteiger partial charge in [0.2, 0.25) is 0 Å². The highest BCUT2D eigenvalue weighted by Gasteiger charge is 2.19. The summed E-state index contributed by atoms with van der Waals surface area (Å²) in [4.78, 5) is 12.0. The van der Waals surface area contributed by atoms with Crippen molar-refractivity contribution in [2.24, 2.45) is 0 Å². The van der Waals surface area contributed by atoms with Crippen molar-refractivity contribution in [3.05, 3.63) is 59.7 Å². The molecule has 0 aliphatic carbocycles. The molecular weight excluding hydrogens is 324 g/mol. The molecule has 0 aliphatic rings. The SMILES string of the molecule is CNC(=O)c1ccccc1NS(=O)(=O)c1ccc(C(C)(C)C)cc1. The van der Waals surface area contributed by atoms with Crippen LogP contribution in [-0.2, 0) is 15.4 Å². The summed E-state index contributed by atoms with van der Waals surface area (Å²) in [6, 6.07) is 13.2. The smallest absolute Gasteiger partial charge is 0.261 e. The van der Waals surface area contributed by atoms with Crippen molar-refractivity contribution in [1.29, 1.82) is 0 Å². The van der Waals surface area contributed by atoms with Crippen molar-refractivity contribution in [3.63, 3.8) is 0 Å². The summed E-state index contributed by atoms with van der Waals surface area (Å²) in [6.45, 7) is 6.19. The van der Waals surface area contributed by atoms with Crippen molar-refractivity contribution >= 4 is 21.6 Å². The zero-order chi connectivity index (χ0) is 18.0. The number of nitrogens with one attached hydrogen (secondary N) is 2. The Bertz CT molecular complexity index is 835. The number of para-hydroxylation sites is 1. The van der Waals surface area contributed by atoms with Crippen molar-refractivity contribution in [2.45, 2.75) is 31.1 Å². The molecule has 1 amide bonds. The van der Waals surface area contributed by atoms with E-state index in [0.29, 0.717) is 0 Å². The molecule has 0 unspecified atom stereocenters. The number of carbonyl (C=O) groups is 1. The average molecular weight is 346 g/mol. The molecule has 0 atom stereocenters. The molecular formula is C18H22N2O3S. The van der Waals surface area contributed by atoms with Crippen molar-refractivity contribution < 1.29 is 13.2 Å². The number of anilines is 1. The zero-order valence-electron chi connectivity index (χ0n) is 14.3. The monoisotopic (exact) mass is 346 g/mol. The first kappa shape index (κ1) is 18.0. The Kier molecular flexibility index (Phi) is 4.99. The molecule has 2 rings (SSSR count). The van der Waals surface area contributed by atoms with Gasteiger partial charge < -0.3 is 5.32 Å². The van der Waals surface area contributed by atoms with Crippen LogP contribution in [0.15, 0.2) is 53.4 Å². The summed E-state index contributed by atoms with van der Waals surface area (Å²) in [7, 11) is -2.27. The van der Waals surface area contributed by atoms with Crippen LogP contribution in [0.4, 0.5) is 5.69 Å². The molecule has 0 aromatic heterocycles. The van der Waals surface area contributed by atoms with E-state index in [4.69, 9.17) is 0 Å². The maximum atomic E-state index is 12.6. The fourth-order valence-corrected chi connectivity index (χ4v) is 3.32. The summed E-state index contributed by atoms with van der Waals surface area (Å²) < 4.78 is 27.7. The van der Waals surface area contributed by atoms with Gasteiger partial charge in [0, 0.05) is 7.05 Å². The Balaban J connectivity index is 2.34. The van der Waals surface area contributed by atoms with Crippen molar-refractivity contribution in [2.75, 3.05) is 11.8 Å². The van der Waals surface area contributed by atoms with Crippen LogP contribution in [0.5, 0.6) is 0 Å². The molecule has 0 spiro atoms. The van der Waals surface area contributed by atoms with E-state index in [-0.39, 0.29) is 27.5 Å². The molecule has 2 aromatic rings. The average Bonchev–Trinajstić information content (AvgIpc) is 2.53. The van der Waals surface area contributed by atoms with Gasteiger partial charge in [-0.3, -0.25) is 9.52 Å². The second-order valence-corrected chi connectivity index (χ2v) is 8.19. The molecule has 0 bridgehead atoms. The Morgan fingerprint density at radius 1 is 0.958 bits per heavy atom. The predicted octanol–water partition coefficient (Wildman–Crippen LogP) is 3.14. The van der Waals surface area contributed by atoms with Gasteiger partial charge in [0.15, 0.2) is 0 Å². The summed E-state index contributed by atoms with van der Waals surface area (Å²) in [6.07, 6.45) is 0. The van der Waals surface area contributed by atoms with Gasteiger partial charge in [-0.05, 0) is 35.2 Å². The largest absolute Gasteiger partial charge is 0.355 e. The first-order valence-electron chi connectivity index (χ1n) is 7.59. The molecule has 5 nitrogen and oxygen atoms in total. The molecule has 6 heteroatoms. The van der Waals surface area contributed by atoms with Gasteiger partial charge in [0.05, 0.1) is 16.1 Å². The van der Waals surface area contributed by atoms with Crippen LogP contribution >= 0.6 is 0 Å². The molecule has 0 heterocycles. The Morgan fingerprint density at radius 2 is 1.54 bits per heavy atom. The molecule has 0 fully saturated rings. The molecule has 2 N–H and O–H groups in total. The van der Waals surface area contributed by atoms with E-state index in [1.165, 1.54) is 7.05 Å². The van der Waals surface area contributed by atoms with E-state index < -0.39 is 10.0 Å². The third-order valence-electron chi connectivity index (χ3n) is 3.67. The Labute approximate surface area is 143 Å². The van der Waals surface area contributed by atoms with Crippen LogP contribution in [0.1, 0.15) is 36.7 Å². The molecule has 24 heavy (non-hydrogen) atoms. The highest BCUT2D eigenvalue weighted by Crippen LogP contribution is 2.25. The van der Waals surface area contributed by atoms with Crippen LogP contribution in [0.3, 0.4) is 0 Å². The lowest BCUT2D eigenvalue weighted by Crippen LogP contribution is -2.21. The minimum atomic E-state index is -3.77. The highest BCUT2D eigenvalue weighted by molar-refractivity contribution is 7.92. The first-order valence-corrected chi connectivity index (χ1v) is 9.08. The molecule has 0 radical (unpaired) electrons. The van der Waals surface area contributed by atoms with E-state index in [0.717, 1.165) is 5.56 Å². The van der Waals surface area contributed by atoms with Crippen LogP contribution in [0.25, 0.3) is 0 Å². The summed E-state index contributed by atoms with van der Waals surface area (Å²) in [5.41, 5.74) is 1.51. The molecule has 0 saturated heterocycles. The van der Waals surface area contributed by atoms with E-state index in [9.17, 15) is 13.2 Å². The first-order chi connectivity index (χ1) is 11.1. The third kappa shape index (κ3) is 3.94. The van der Waals surface area contributed by atoms with E-state index in [2.05, 4.69) is 30.8 Å². The molecule has 2 aromatic carbocycles. The highest BCUT2D eigenvalue weighted by atomic mass is 32.2. The second kappa shape index (κ2) is 6.65. The van der Waals surface area contributed by atoms with Crippen LogP contribution < -0.4 is 10.0 Å². The lowest BCUT2D eigenvalue weighted by molar-refractivity contribution is 0.0964. The standard InChI is InChI=1S/C18H22N2O3S/c1-18(2,3)13-9-11-14(12-10-13)24(22,23)20-16-8-6-5-7-15(16)17(21)19-4/h5-12,20H,1-4H3,(H,19,21). The van der Waals surface area contributed by atoms with Gasteiger partial charge in [0.25, 0.3) is 15.9 Å². The molecule has 0 saturated carbocycles. The van der Waals surface area contributed by atoms with Crippen molar-refractivity contribution in [3.8, 4) is 0 Å². The van der Waals surface area contributed by atoms with Gasteiger partial charge in [-0.15, -0.1) is 0 Å². The van der Waals surface area contributed by atoms with E-state index in [1.54, 1.807) is 48.5 Å². The van der Waals surface area contributed by atoms with Crippen LogP contribution in [-0.4, -0.2) is 21.4 Å². The number of benzene rings is 2. The minimum absolute atomic E-state index is 0.0540. The summed E-state index contributed by atoms with van der Waals surface area (Å²) in [5.74, 6) is -0.351. The number of hydrogen-bond donors (Lipinski definition) is 2. The fraction of sp³-hybridized carbons (Fsp3) is 0.278. The molecule has 128 valence electrons. The Hall–Kier alpha value is -2.34. The number of carbonyl (C=O) groups excluding carboxylic acids is 1. The lowest BCUT2D eigenvalue weighted by Gasteiger charge is -2.19. The van der Waals surface area contributed by atoms with Gasteiger partial charge in [-0.1, -0.05) is 45.0 Å². The van der Waals surface area contributed by atoms with Crippen LogP contribution in [0.2, 0.25) is 0 Å². The normalized spacial score (nSPS) is 11.8. The summed E-state index contributed by atoms with van der Waals surface area (Å²) in [5, 5.41) is 2.50. The quantitative estimate of drug-likeness (QED) is 0.893. The van der Waals surface area contributed by atoms with Gasteiger partial charge in [-0.25, -0.2) is 8.42 Å². The fourth-order valence-electron chi connectivity index (χ4n) is 2.24. The zero-order valence-corrected chi connectivity index (χ0v) is 15.1. The van der Waals surface area contributed by atoms with Crippen molar-refractivity contribution in [1.82, 2.24) is 5.32 Å². The predicted molar refractivity (Wildman–Crippen MR) is 95.8 cm³/mol. The van der Waals surface area contributed by atoms with E-state index in [1.807, 2.05) is 0 Å². The minimum Gasteiger partial charge on any atom is -0.355 e. The maximum absolute atomic E-state index is 12.6. The Morgan fingerprint density at radius 3 is 2.08 bits per heavy atom. The summed E-state index contributed by atoms with van der Waals surface area (Å²) >= 11 is 0. The number of amides is 1. The third-order valence-corrected chi connectivity index (χ3v) is 5.06. The van der Waals surface area contributed by atoms with Gasteiger partial charge >= 0.3 is 0 Å². The maximum Gasteiger partial charge on any atom is 0.261 e. The lowest BCUT2D eigenvalue weighted by atomic mass is 9.87. The topological polar surface area (TPSA) is 75.3 Å².